The van der Waals surface area contributed by atoms with Crippen molar-refractivity contribution in [3.63, 3.8) is 0 Å². The van der Waals surface area contributed by atoms with Crippen molar-refractivity contribution in [3.05, 3.63) is 50.6 Å². The van der Waals surface area contributed by atoms with Gasteiger partial charge in [-0.25, -0.2) is 8.42 Å². The summed E-state index contributed by atoms with van der Waals surface area (Å²) in [6.07, 6.45) is 0. The molecular weight excluding hydrogens is 357 g/mol. The van der Waals surface area contributed by atoms with Crippen LogP contribution in [0.3, 0.4) is 0 Å². The summed E-state index contributed by atoms with van der Waals surface area (Å²) in [5, 5.41) is 9.23. The molecule has 0 saturated heterocycles. The smallest absolute Gasteiger partial charge is 0.326 e. The summed E-state index contributed by atoms with van der Waals surface area (Å²) in [5.74, 6) is -1.32. The molecule has 112 valence electrons. The van der Waals surface area contributed by atoms with Gasteiger partial charge in [0.1, 0.15) is 15.3 Å². The van der Waals surface area contributed by atoms with Crippen LogP contribution in [-0.4, -0.2) is 19.5 Å². The number of carboxylic acid groups (broad SMARTS) is 1. The van der Waals surface area contributed by atoms with Gasteiger partial charge in [-0.2, -0.15) is 4.72 Å². The molecule has 0 aliphatic heterocycles. The summed E-state index contributed by atoms with van der Waals surface area (Å²) in [5.41, 5.74) is 0.311. The molecule has 0 spiro atoms. The first kappa shape index (κ1) is 16.3. The molecule has 1 heterocycles. The molecule has 0 fully saturated rings. The van der Waals surface area contributed by atoms with E-state index < -0.39 is 22.0 Å². The Kier molecular flexibility index (Phi) is 4.90. The Balaban J connectivity index is 2.37. The summed E-state index contributed by atoms with van der Waals surface area (Å²) in [6, 6.07) is 7.74. The van der Waals surface area contributed by atoms with Crippen LogP contribution in [0, 0.1) is 0 Å². The molecule has 2 rings (SSSR count). The van der Waals surface area contributed by atoms with Gasteiger partial charge in [0.25, 0.3) is 0 Å². The number of aliphatic carboxylic acids is 1. The molecule has 0 aliphatic carbocycles. The first-order chi connectivity index (χ1) is 9.81. The number of nitrogens with one attached hydrogen (secondary N) is 1. The molecule has 0 unspecified atom stereocenters. The lowest BCUT2D eigenvalue weighted by Crippen LogP contribution is -2.33. The summed E-state index contributed by atoms with van der Waals surface area (Å²) < 4.78 is 26.8. The number of sulfonamides is 1. The zero-order chi connectivity index (χ0) is 15.6. The molecule has 1 aromatic carbocycles. The monoisotopic (exact) mass is 365 g/mol. The Morgan fingerprint density at radius 1 is 1.24 bits per heavy atom. The standard InChI is InChI=1S/C12H9Cl2NO4S2/c13-9-6-8(11(14)20-9)21(18,19)15-10(12(16)17)7-4-2-1-3-5-7/h1-6,10,15H,(H,16,17)/t10-/m1/s1. The number of carboxylic acids is 1. The van der Waals surface area contributed by atoms with Crippen molar-refractivity contribution in [2.45, 2.75) is 10.9 Å². The molecule has 0 amide bonds. The Morgan fingerprint density at radius 2 is 1.86 bits per heavy atom. The SMILES string of the molecule is O=C(O)[C@H](NS(=O)(=O)c1cc(Cl)sc1Cl)c1ccccc1. The molecule has 0 aliphatic rings. The fourth-order valence-electron chi connectivity index (χ4n) is 1.63. The lowest BCUT2D eigenvalue weighted by atomic mass is 10.1. The normalized spacial score (nSPS) is 13.0. The van der Waals surface area contributed by atoms with Gasteiger partial charge in [0.15, 0.2) is 0 Å². The summed E-state index contributed by atoms with van der Waals surface area (Å²) in [6.45, 7) is 0. The van der Waals surface area contributed by atoms with Crippen LogP contribution in [0.5, 0.6) is 0 Å². The highest BCUT2D eigenvalue weighted by Crippen LogP contribution is 2.34. The van der Waals surface area contributed by atoms with Crippen molar-refractivity contribution in [2.75, 3.05) is 0 Å². The third kappa shape index (κ3) is 3.75. The van der Waals surface area contributed by atoms with Crippen molar-refractivity contribution in [2.24, 2.45) is 0 Å². The van der Waals surface area contributed by atoms with Crippen LogP contribution in [0.4, 0.5) is 0 Å². The van der Waals surface area contributed by atoms with Crippen LogP contribution in [0.2, 0.25) is 8.67 Å². The van der Waals surface area contributed by atoms with E-state index in [0.717, 1.165) is 11.3 Å². The minimum absolute atomic E-state index is 0.0234. The van der Waals surface area contributed by atoms with Crippen molar-refractivity contribution in [3.8, 4) is 0 Å². The molecule has 2 N–H and O–H groups in total. The van der Waals surface area contributed by atoms with E-state index in [0.29, 0.717) is 5.56 Å². The maximum Gasteiger partial charge on any atom is 0.326 e. The third-order valence-electron chi connectivity index (χ3n) is 2.57. The lowest BCUT2D eigenvalue weighted by Gasteiger charge is -2.14. The molecule has 1 aromatic heterocycles. The van der Waals surface area contributed by atoms with E-state index in [1.807, 2.05) is 0 Å². The summed E-state index contributed by atoms with van der Waals surface area (Å²) in [7, 11) is -4.10. The third-order valence-corrected chi connectivity index (χ3v) is 5.74. The van der Waals surface area contributed by atoms with Crippen LogP contribution in [0.15, 0.2) is 41.3 Å². The van der Waals surface area contributed by atoms with E-state index in [9.17, 15) is 18.3 Å². The Labute approximate surface area is 135 Å². The maximum absolute atomic E-state index is 12.2. The minimum Gasteiger partial charge on any atom is -0.480 e. The minimum atomic E-state index is -4.10. The van der Waals surface area contributed by atoms with Gasteiger partial charge in [0.05, 0.1) is 4.34 Å². The van der Waals surface area contributed by atoms with Gasteiger partial charge in [-0.15, -0.1) is 11.3 Å². The predicted molar refractivity (Wildman–Crippen MR) is 81.5 cm³/mol. The van der Waals surface area contributed by atoms with Crippen LogP contribution >= 0.6 is 34.5 Å². The number of thiophene rings is 1. The lowest BCUT2D eigenvalue weighted by molar-refractivity contribution is -0.139. The molecular formula is C12H9Cl2NO4S2. The molecule has 0 saturated carbocycles. The van der Waals surface area contributed by atoms with E-state index in [1.165, 1.54) is 18.2 Å². The van der Waals surface area contributed by atoms with Crippen molar-refractivity contribution < 1.29 is 18.3 Å². The number of rotatable bonds is 5. The maximum atomic E-state index is 12.2. The highest BCUT2D eigenvalue weighted by Gasteiger charge is 2.29. The van der Waals surface area contributed by atoms with Crippen molar-refractivity contribution in [1.82, 2.24) is 4.72 Å². The Morgan fingerprint density at radius 3 is 2.33 bits per heavy atom. The van der Waals surface area contributed by atoms with Gasteiger partial charge in [-0.05, 0) is 11.6 Å². The molecule has 5 nitrogen and oxygen atoms in total. The fourth-order valence-corrected chi connectivity index (χ4v) is 4.96. The molecule has 9 heteroatoms. The van der Waals surface area contributed by atoms with Gasteiger partial charge < -0.3 is 5.11 Å². The zero-order valence-electron chi connectivity index (χ0n) is 10.3. The average molecular weight is 366 g/mol. The highest BCUT2D eigenvalue weighted by atomic mass is 35.5. The second kappa shape index (κ2) is 6.33. The van der Waals surface area contributed by atoms with Crippen molar-refractivity contribution >= 4 is 50.5 Å². The molecule has 0 radical (unpaired) electrons. The average Bonchev–Trinajstić information content (AvgIpc) is 2.77. The number of halogens is 2. The fraction of sp³-hybridized carbons (Fsp3) is 0.0833. The number of benzene rings is 1. The number of hydrogen-bond donors (Lipinski definition) is 2. The quantitative estimate of drug-likeness (QED) is 0.852. The van der Waals surface area contributed by atoms with Gasteiger partial charge >= 0.3 is 5.97 Å². The van der Waals surface area contributed by atoms with Crippen LogP contribution in [-0.2, 0) is 14.8 Å². The van der Waals surface area contributed by atoms with Crippen LogP contribution in [0.1, 0.15) is 11.6 Å². The first-order valence-electron chi connectivity index (χ1n) is 5.56. The molecule has 1 atom stereocenters. The van der Waals surface area contributed by atoms with E-state index in [2.05, 4.69) is 4.72 Å². The second-order valence-corrected chi connectivity index (χ2v) is 7.96. The first-order valence-corrected chi connectivity index (χ1v) is 8.62. The van der Waals surface area contributed by atoms with Crippen LogP contribution in [0.25, 0.3) is 0 Å². The van der Waals surface area contributed by atoms with E-state index in [-0.39, 0.29) is 13.6 Å². The molecule has 21 heavy (non-hydrogen) atoms. The second-order valence-electron chi connectivity index (χ2n) is 3.99. The number of carbonyl (C=O) groups is 1. The molecule has 0 bridgehead atoms. The van der Waals surface area contributed by atoms with E-state index in [1.54, 1.807) is 18.2 Å². The molecule has 2 aromatic rings. The number of hydrogen-bond acceptors (Lipinski definition) is 4. The summed E-state index contributed by atoms with van der Waals surface area (Å²) >= 11 is 12.4. The highest BCUT2D eigenvalue weighted by molar-refractivity contribution is 7.89. The largest absolute Gasteiger partial charge is 0.480 e. The predicted octanol–water partition coefficient (Wildman–Crippen LogP) is 3.16. The van der Waals surface area contributed by atoms with Crippen molar-refractivity contribution in [1.29, 1.82) is 0 Å². The van der Waals surface area contributed by atoms with E-state index >= 15 is 0 Å². The zero-order valence-corrected chi connectivity index (χ0v) is 13.4. The van der Waals surface area contributed by atoms with Gasteiger partial charge in [0, 0.05) is 0 Å². The Hall–Kier alpha value is -1.12. The topological polar surface area (TPSA) is 83.5 Å². The summed E-state index contributed by atoms with van der Waals surface area (Å²) in [4.78, 5) is 11.1. The Bertz CT molecular complexity index is 759. The van der Waals surface area contributed by atoms with Gasteiger partial charge in [-0.3, -0.25) is 4.79 Å². The van der Waals surface area contributed by atoms with E-state index in [4.69, 9.17) is 23.2 Å². The van der Waals surface area contributed by atoms with Gasteiger partial charge in [0.2, 0.25) is 10.0 Å². The van der Waals surface area contributed by atoms with Crippen LogP contribution < -0.4 is 4.72 Å². The van der Waals surface area contributed by atoms with Gasteiger partial charge in [-0.1, -0.05) is 53.5 Å².